The van der Waals surface area contributed by atoms with Gasteiger partial charge in [-0.05, 0) is 19.8 Å². The third-order valence-electron chi connectivity index (χ3n) is 5.36. The van der Waals surface area contributed by atoms with Crippen LogP contribution in [0.15, 0.2) is 0 Å². The van der Waals surface area contributed by atoms with Crippen LogP contribution < -0.4 is 11.1 Å². The molecule has 0 aromatic carbocycles. The lowest BCUT2D eigenvalue weighted by molar-refractivity contribution is 0.0514. The normalized spacial score (nSPS) is 22.6. The van der Waals surface area contributed by atoms with Crippen molar-refractivity contribution in [1.82, 2.24) is 10.2 Å². The summed E-state index contributed by atoms with van der Waals surface area (Å²) in [5.41, 5.74) is 6.50. The Morgan fingerprint density at radius 2 is 1.50 bits per heavy atom. The first kappa shape index (κ1) is 19.9. The molecule has 1 heterocycles. The fraction of sp³-hybridized carbons (Fsp3) is 1.00. The van der Waals surface area contributed by atoms with E-state index in [1.165, 1.54) is 70.6 Å². The van der Waals surface area contributed by atoms with E-state index >= 15 is 0 Å². The Morgan fingerprint density at radius 1 is 0.955 bits per heavy atom. The van der Waals surface area contributed by atoms with E-state index in [1.54, 1.807) is 0 Å². The predicted octanol–water partition coefficient (Wildman–Crippen LogP) is 4.27. The molecule has 0 radical (unpaired) electrons. The summed E-state index contributed by atoms with van der Waals surface area (Å²) in [6.07, 6.45) is 15.2. The maximum Gasteiger partial charge on any atom is 0.0678 e. The standard InChI is InChI=1S/C19H41N3/c1-4-6-8-10-12-14-19(3,13-11-9-7-5-2)22-16-15-21-18(20)17-22/h18,21H,4-17,20H2,1-3H3. The van der Waals surface area contributed by atoms with E-state index in [4.69, 9.17) is 5.73 Å². The van der Waals surface area contributed by atoms with Crippen LogP contribution >= 0.6 is 0 Å². The highest BCUT2D eigenvalue weighted by atomic mass is 15.3. The van der Waals surface area contributed by atoms with Gasteiger partial charge in [-0.15, -0.1) is 0 Å². The van der Waals surface area contributed by atoms with Crippen molar-refractivity contribution in [2.75, 3.05) is 19.6 Å². The fourth-order valence-electron chi connectivity index (χ4n) is 3.75. The Kier molecular flexibility index (Phi) is 10.3. The second kappa shape index (κ2) is 11.4. The summed E-state index contributed by atoms with van der Waals surface area (Å²) in [6, 6.07) is 0. The van der Waals surface area contributed by atoms with Crippen LogP contribution in [-0.2, 0) is 0 Å². The number of nitrogens with two attached hydrogens (primary N) is 1. The Bertz CT molecular complexity index is 269. The van der Waals surface area contributed by atoms with E-state index in [-0.39, 0.29) is 6.17 Å². The molecule has 1 rings (SSSR count). The van der Waals surface area contributed by atoms with Crippen molar-refractivity contribution >= 4 is 0 Å². The highest BCUT2D eigenvalue weighted by molar-refractivity contribution is 4.90. The van der Waals surface area contributed by atoms with Gasteiger partial charge in [-0.1, -0.05) is 71.6 Å². The molecule has 132 valence electrons. The van der Waals surface area contributed by atoms with E-state index in [1.807, 2.05) is 0 Å². The van der Waals surface area contributed by atoms with Crippen LogP contribution in [0.5, 0.6) is 0 Å². The van der Waals surface area contributed by atoms with Crippen molar-refractivity contribution in [2.45, 2.75) is 103 Å². The summed E-state index contributed by atoms with van der Waals surface area (Å²) in [6.45, 7) is 10.3. The Labute approximate surface area is 139 Å². The third-order valence-corrected chi connectivity index (χ3v) is 5.36. The number of rotatable bonds is 12. The fourth-order valence-corrected chi connectivity index (χ4v) is 3.75. The Hall–Kier alpha value is -0.120. The lowest BCUT2D eigenvalue weighted by Crippen LogP contribution is -2.61. The van der Waals surface area contributed by atoms with Crippen LogP contribution in [0.4, 0.5) is 0 Å². The molecule has 1 aliphatic rings. The van der Waals surface area contributed by atoms with Gasteiger partial charge in [-0.3, -0.25) is 10.2 Å². The number of piperazine rings is 1. The van der Waals surface area contributed by atoms with Crippen LogP contribution in [0, 0.1) is 0 Å². The molecule has 0 saturated carbocycles. The minimum absolute atomic E-state index is 0.156. The molecule has 0 aromatic heterocycles. The number of nitrogens with zero attached hydrogens (tertiary/aromatic N) is 1. The zero-order valence-electron chi connectivity index (χ0n) is 15.5. The van der Waals surface area contributed by atoms with Crippen molar-refractivity contribution < 1.29 is 0 Å². The van der Waals surface area contributed by atoms with Gasteiger partial charge >= 0.3 is 0 Å². The lowest BCUT2D eigenvalue weighted by atomic mass is 9.85. The third kappa shape index (κ3) is 7.43. The summed E-state index contributed by atoms with van der Waals surface area (Å²) in [5.74, 6) is 0. The molecule has 1 saturated heterocycles. The number of hydrogen-bond acceptors (Lipinski definition) is 3. The summed E-state index contributed by atoms with van der Waals surface area (Å²) >= 11 is 0. The number of unbranched alkanes of at least 4 members (excludes halogenated alkanes) is 7. The van der Waals surface area contributed by atoms with Gasteiger partial charge in [0.15, 0.2) is 0 Å². The molecule has 3 nitrogen and oxygen atoms in total. The molecule has 2 unspecified atom stereocenters. The van der Waals surface area contributed by atoms with Crippen molar-refractivity contribution in [1.29, 1.82) is 0 Å². The molecular formula is C19H41N3. The maximum atomic E-state index is 6.14. The Morgan fingerprint density at radius 3 is 2.05 bits per heavy atom. The Balaban J connectivity index is 2.46. The second-order valence-electron chi connectivity index (χ2n) is 7.48. The average molecular weight is 312 g/mol. The van der Waals surface area contributed by atoms with Gasteiger partial charge in [0.1, 0.15) is 0 Å². The van der Waals surface area contributed by atoms with E-state index in [0.29, 0.717) is 5.54 Å². The lowest BCUT2D eigenvalue weighted by Gasteiger charge is -2.46. The number of nitrogens with one attached hydrogen (secondary N) is 1. The second-order valence-corrected chi connectivity index (χ2v) is 7.48. The van der Waals surface area contributed by atoms with Crippen molar-refractivity contribution in [3.8, 4) is 0 Å². The molecule has 2 atom stereocenters. The van der Waals surface area contributed by atoms with Crippen LogP contribution in [0.25, 0.3) is 0 Å². The van der Waals surface area contributed by atoms with Crippen LogP contribution in [0.2, 0.25) is 0 Å². The maximum absolute atomic E-state index is 6.14. The molecule has 1 aliphatic heterocycles. The van der Waals surface area contributed by atoms with Gasteiger partial charge in [-0.25, -0.2) is 0 Å². The first-order valence-electron chi connectivity index (χ1n) is 9.86. The number of hydrogen-bond donors (Lipinski definition) is 2. The largest absolute Gasteiger partial charge is 0.315 e. The van der Waals surface area contributed by atoms with Gasteiger partial charge in [0.25, 0.3) is 0 Å². The van der Waals surface area contributed by atoms with Crippen molar-refractivity contribution in [3.63, 3.8) is 0 Å². The summed E-state index contributed by atoms with van der Waals surface area (Å²) in [4.78, 5) is 2.68. The summed E-state index contributed by atoms with van der Waals surface area (Å²) < 4.78 is 0. The minimum Gasteiger partial charge on any atom is -0.315 e. The first-order chi connectivity index (χ1) is 10.6. The molecule has 22 heavy (non-hydrogen) atoms. The van der Waals surface area contributed by atoms with Crippen LogP contribution in [-0.4, -0.2) is 36.2 Å². The molecular weight excluding hydrogens is 270 g/mol. The molecule has 3 heteroatoms. The highest BCUT2D eigenvalue weighted by Gasteiger charge is 2.33. The van der Waals surface area contributed by atoms with Gasteiger partial charge < -0.3 is 5.73 Å². The molecule has 0 aromatic rings. The molecule has 0 bridgehead atoms. The highest BCUT2D eigenvalue weighted by Crippen LogP contribution is 2.29. The SMILES string of the molecule is CCCCCCCC(C)(CCCCCC)N1CCNC(N)C1. The van der Waals surface area contributed by atoms with E-state index < -0.39 is 0 Å². The first-order valence-corrected chi connectivity index (χ1v) is 9.86. The minimum atomic E-state index is 0.156. The quantitative estimate of drug-likeness (QED) is 0.529. The summed E-state index contributed by atoms with van der Waals surface area (Å²) in [7, 11) is 0. The van der Waals surface area contributed by atoms with Crippen molar-refractivity contribution in [2.24, 2.45) is 5.73 Å². The predicted molar refractivity (Wildman–Crippen MR) is 98.1 cm³/mol. The van der Waals surface area contributed by atoms with Crippen molar-refractivity contribution in [3.05, 3.63) is 0 Å². The zero-order valence-corrected chi connectivity index (χ0v) is 15.5. The topological polar surface area (TPSA) is 41.3 Å². The van der Waals surface area contributed by atoms with E-state index in [2.05, 4.69) is 31.0 Å². The molecule has 0 aliphatic carbocycles. The summed E-state index contributed by atoms with van der Waals surface area (Å²) in [5, 5.41) is 3.38. The van der Waals surface area contributed by atoms with Gasteiger partial charge in [-0.2, -0.15) is 0 Å². The van der Waals surface area contributed by atoms with Gasteiger partial charge in [0.05, 0.1) is 6.17 Å². The van der Waals surface area contributed by atoms with Crippen LogP contribution in [0.1, 0.15) is 91.4 Å². The molecule has 0 spiro atoms. The van der Waals surface area contributed by atoms with E-state index in [9.17, 15) is 0 Å². The molecule has 0 amide bonds. The van der Waals surface area contributed by atoms with Gasteiger partial charge in [0, 0.05) is 25.2 Å². The molecule has 1 fully saturated rings. The van der Waals surface area contributed by atoms with Gasteiger partial charge in [0.2, 0.25) is 0 Å². The van der Waals surface area contributed by atoms with Crippen LogP contribution in [0.3, 0.4) is 0 Å². The average Bonchev–Trinajstić information content (AvgIpc) is 2.51. The zero-order chi connectivity index (χ0) is 16.3. The van der Waals surface area contributed by atoms with E-state index in [0.717, 1.165) is 19.6 Å². The smallest absolute Gasteiger partial charge is 0.0678 e. The molecule has 3 N–H and O–H groups in total. The monoisotopic (exact) mass is 311 g/mol.